The van der Waals surface area contributed by atoms with Gasteiger partial charge in [-0.05, 0) is 61.9 Å². The first kappa shape index (κ1) is 24.3. The van der Waals surface area contributed by atoms with Crippen molar-refractivity contribution >= 4 is 56.3 Å². The van der Waals surface area contributed by atoms with Gasteiger partial charge < -0.3 is 15.0 Å². The van der Waals surface area contributed by atoms with Gasteiger partial charge in [0.15, 0.2) is 5.69 Å². The molecule has 1 aliphatic carbocycles. The molecular weight excluding hydrogens is 528 g/mol. The summed E-state index contributed by atoms with van der Waals surface area (Å²) in [6.45, 7) is 2.76. The predicted molar refractivity (Wildman–Crippen MR) is 147 cm³/mol. The number of hydrogen-bond acceptors (Lipinski definition) is 7. The van der Waals surface area contributed by atoms with Gasteiger partial charge >= 0.3 is 0 Å². The van der Waals surface area contributed by atoms with Crippen LogP contribution in [-0.2, 0) is 0 Å². The molecule has 2 aromatic carbocycles. The summed E-state index contributed by atoms with van der Waals surface area (Å²) >= 11 is 9.08. The van der Waals surface area contributed by atoms with Gasteiger partial charge in [-0.3, -0.25) is 9.59 Å². The van der Waals surface area contributed by atoms with Crippen molar-refractivity contribution in [2.75, 3.05) is 13.2 Å². The maximum absolute atomic E-state index is 14.1. The Bertz CT molecular complexity index is 1490. The number of thiazole rings is 2. The predicted octanol–water partition coefficient (Wildman–Crippen LogP) is 5.90. The molecule has 1 saturated heterocycles. The fraction of sp³-hybridized carbons (Fsp3) is 0.333. The number of hydrogen-bond donors (Lipinski definition) is 1. The van der Waals surface area contributed by atoms with Crippen molar-refractivity contribution in [2.24, 2.45) is 5.92 Å². The van der Waals surface area contributed by atoms with E-state index in [1.54, 1.807) is 5.51 Å². The first-order valence-electron chi connectivity index (χ1n) is 12.4. The molecule has 0 spiro atoms. The van der Waals surface area contributed by atoms with Crippen LogP contribution < -0.4 is 10.1 Å². The maximum Gasteiger partial charge on any atom is 0.274 e. The lowest BCUT2D eigenvalue weighted by Crippen LogP contribution is -2.50. The van der Waals surface area contributed by atoms with E-state index < -0.39 is 0 Å². The molecule has 2 bridgehead atoms. The van der Waals surface area contributed by atoms with Crippen LogP contribution in [0.5, 0.6) is 5.19 Å². The highest BCUT2D eigenvalue weighted by atomic mass is 35.5. The maximum atomic E-state index is 14.1. The summed E-state index contributed by atoms with van der Waals surface area (Å²) in [4.78, 5) is 38.8. The Morgan fingerprint density at radius 2 is 2.08 bits per heavy atom. The topological polar surface area (TPSA) is 84.4 Å². The third-order valence-electron chi connectivity index (χ3n) is 7.21. The zero-order valence-corrected chi connectivity index (χ0v) is 22.5. The third-order valence-corrected chi connectivity index (χ3v) is 9.34. The van der Waals surface area contributed by atoms with E-state index in [1.807, 2.05) is 54.3 Å². The number of halogens is 1. The van der Waals surface area contributed by atoms with Crippen LogP contribution in [0.4, 0.5) is 0 Å². The molecule has 3 heterocycles. The lowest BCUT2D eigenvalue weighted by Gasteiger charge is -2.35. The van der Waals surface area contributed by atoms with Crippen LogP contribution in [-0.4, -0.2) is 51.9 Å². The molecule has 1 N–H and O–H groups in total. The van der Waals surface area contributed by atoms with Gasteiger partial charge in [-0.15, -0.1) is 11.3 Å². The highest BCUT2D eigenvalue weighted by molar-refractivity contribution is 7.17. The van der Waals surface area contributed by atoms with Crippen molar-refractivity contribution < 1.29 is 14.3 Å². The molecule has 7 nitrogen and oxygen atoms in total. The number of amides is 2. The van der Waals surface area contributed by atoms with E-state index in [-0.39, 0.29) is 23.9 Å². The van der Waals surface area contributed by atoms with Gasteiger partial charge in [0, 0.05) is 17.6 Å². The van der Waals surface area contributed by atoms with Crippen molar-refractivity contribution in [2.45, 2.75) is 38.3 Å². The zero-order chi connectivity index (χ0) is 25.5. The van der Waals surface area contributed by atoms with Crippen molar-refractivity contribution in [3.63, 3.8) is 0 Å². The molecule has 1 saturated carbocycles. The number of carbonyl (C=O) groups excluding carboxylic acids is 2. The number of piperidine rings is 1. The summed E-state index contributed by atoms with van der Waals surface area (Å²) in [6, 6.07) is 13.1. The Balaban J connectivity index is 1.27. The molecule has 2 aliphatic rings. The monoisotopic (exact) mass is 552 g/mol. The summed E-state index contributed by atoms with van der Waals surface area (Å²) in [5, 5.41) is 4.17. The lowest BCUT2D eigenvalue weighted by atomic mass is 9.98. The summed E-state index contributed by atoms with van der Waals surface area (Å²) < 4.78 is 6.55. The number of fused-ring (bicyclic) bond motifs is 3. The molecular formula is C27H25ClN4O3S2. The van der Waals surface area contributed by atoms with Crippen molar-refractivity contribution in [1.29, 1.82) is 0 Å². The molecule has 2 fully saturated rings. The Hall–Kier alpha value is -3.01. The molecule has 0 unspecified atom stereocenters. The highest BCUT2D eigenvalue weighted by Gasteiger charge is 2.49. The molecule has 2 amide bonds. The summed E-state index contributed by atoms with van der Waals surface area (Å²) in [5.41, 5.74) is 4.40. The standard InChI is InChI=1S/C27H25ClN4O3S2/c1-2-35-27-31-22(23(37-27)16-5-3-6-17(28)11-16)26(34)32-18-10-9-15(12-18)21(32)13-29-25(33)19-7-4-8-20-24(19)36-14-30-20/h3-8,11,14-15,18,21H,2,9-10,12-13H2,1H3,(H,29,33)/t15-,18-,21-/m0/s1. The number of aromatic nitrogens is 2. The number of nitrogens with one attached hydrogen (secondary N) is 1. The normalized spacial score (nSPS) is 20.5. The quantitative estimate of drug-likeness (QED) is 0.309. The fourth-order valence-electron chi connectivity index (χ4n) is 5.61. The number of carbonyl (C=O) groups is 2. The molecule has 2 aromatic heterocycles. The van der Waals surface area contributed by atoms with E-state index in [4.69, 9.17) is 16.3 Å². The minimum atomic E-state index is -0.142. The second kappa shape index (κ2) is 10.0. The average Bonchev–Trinajstić information content (AvgIpc) is 3.70. The zero-order valence-electron chi connectivity index (χ0n) is 20.1. The molecule has 190 valence electrons. The third kappa shape index (κ3) is 4.49. The van der Waals surface area contributed by atoms with Gasteiger partial charge in [-0.1, -0.05) is 41.1 Å². The minimum absolute atomic E-state index is 0.0830. The number of nitrogens with zero attached hydrogens (tertiary/aromatic N) is 3. The van der Waals surface area contributed by atoms with E-state index >= 15 is 0 Å². The van der Waals surface area contributed by atoms with E-state index in [9.17, 15) is 9.59 Å². The van der Waals surface area contributed by atoms with Crippen molar-refractivity contribution in [3.8, 4) is 15.6 Å². The Labute approximate surface area is 227 Å². The van der Waals surface area contributed by atoms with Crippen LogP contribution in [0.2, 0.25) is 5.02 Å². The van der Waals surface area contributed by atoms with Gasteiger partial charge in [0.05, 0.1) is 38.8 Å². The molecule has 0 radical (unpaired) electrons. The van der Waals surface area contributed by atoms with E-state index in [0.717, 1.165) is 39.9 Å². The molecule has 1 aliphatic heterocycles. The second-order valence-corrected chi connectivity index (χ2v) is 11.6. The number of likely N-dealkylation sites (tertiary alicyclic amines) is 1. The molecule has 10 heteroatoms. The lowest BCUT2D eigenvalue weighted by molar-refractivity contribution is 0.0577. The van der Waals surface area contributed by atoms with Gasteiger partial charge in [-0.25, -0.2) is 4.98 Å². The van der Waals surface area contributed by atoms with Crippen molar-refractivity contribution in [3.05, 3.63) is 64.3 Å². The molecule has 37 heavy (non-hydrogen) atoms. The van der Waals surface area contributed by atoms with E-state index in [1.165, 1.54) is 22.7 Å². The number of benzene rings is 2. The van der Waals surface area contributed by atoms with Gasteiger partial charge in [0.25, 0.3) is 17.0 Å². The first-order chi connectivity index (χ1) is 18.0. The molecule has 4 aromatic rings. The minimum Gasteiger partial charge on any atom is -0.470 e. The molecule has 3 atom stereocenters. The second-order valence-electron chi connectivity index (χ2n) is 9.32. The Kier molecular flexibility index (Phi) is 6.60. The largest absolute Gasteiger partial charge is 0.470 e. The van der Waals surface area contributed by atoms with Gasteiger partial charge in [-0.2, -0.15) is 4.98 Å². The summed E-state index contributed by atoms with van der Waals surface area (Å²) in [6.07, 6.45) is 2.98. The van der Waals surface area contributed by atoms with Crippen LogP contribution in [0.1, 0.15) is 47.0 Å². The average molecular weight is 553 g/mol. The summed E-state index contributed by atoms with van der Waals surface area (Å²) in [5.74, 6) is 0.0955. The first-order valence-corrected chi connectivity index (χ1v) is 14.4. The van der Waals surface area contributed by atoms with Crippen LogP contribution in [0, 0.1) is 5.92 Å². The fourth-order valence-corrected chi connectivity index (χ4v) is 7.56. The smallest absolute Gasteiger partial charge is 0.274 e. The van der Waals surface area contributed by atoms with Gasteiger partial charge in [0.1, 0.15) is 0 Å². The molecule has 6 rings (SSSR count). The van der Waals surface area contributed by atoms with Crippen LogP contribution in [0.15, 0.2) is 48.0 Å². The SMILES string of the molecule is CCOc1nc(C(=O)N2[C@H]3CC[C@@H](C3)[C@@H]2CNC(=O)c2cccc3ncsc23)c(-c2cccc(Cl)c2)s1. The van der Waals surface area contributed by atoms with Gasteiger partial charge in [0.2, 0.25) is 0 Å². The summed E-state index contributed by atoms with van der Waals surface area (Å²) in [7, 11) is 0. The number of rotatable bonds is 7. The van der Waals surface area contributed by atoms with E-state index in [2.05, 4.69) is 15.3 Å². The van der Waals surface area contributed by atoms with Crippen LogP contribution in [0.3, 0.4) is 0 Å². The van der Waals surface area contributed by atoms with Crippen LogP contribution in [0.25, 0.3) is 20.7 Å². The highest BCUT2D eigenvalue weighted by Crippen LogP contribution is 2.44. The van der Waals surface area contributed by atoms with Crippen molar-refractivity contribution in [1.82, 2.24) is 20.2 Å². The Morgan fingerprint density at radius 1 is 1.22 bits per heavy atom. The Morgan fingerprint density at radius 3 is 2.92 bits per heavy atom. The van der Waals surface area contributed by atoms with Crippen LogP contribution >= 0.6 is 34.3 Å². The number of ether oxygens (including phenoxy) is 1. The van der Waals surface area contributed by atoms with E-state index in [0.29, 0.717) is 40.5 Å².